The summed E-state index contributed by atoms with van der Waals surface area (Å²) in [5, 5.41) is 14.4. The summed E-state index contributed by atoms with van der Waals surface area (Å²) in [7, 11) is 0. The second-order valence-electron chi connectivity index (χ2n) is 8.19. The Morgan fingerprint density at radius 3 is 2.40 bits per heavy atom. The first kappa shape index (κ1) is 20.2. The van der Waals surface area contributed by atoms with Crippen molar-refractivity contribution in [1.82, 2.24) is 0 Å². The topological polar surface area (TPSA) is 78.7 Å². The lowest BCUT2D eigenvalue weighted by molar-refractivity contribution is -0.384. The summed E-state index contributed by atoms with van der Waals surface area (Å²) < 4.78 is 0. The predicted octanol–water partition coefficient (Wildman–Crippen LogP) is 4.83. The van der Waals surface area contributed by atoms with Crippen LogP contribution >= 0.6 is 0 Å². The van der Waals surface area contributed by atoms with Crippen molar-refractivity contribution < 1.29 is 9.72 Å². The van der Waals surface area contributed by atoms with Crippen molar-refractivity contribution in [3.63, 3.8) is 0 Å². The van der Waals surface area contributed by atoms with Crippen LogP contribution < -0.4 is 15.1 Å². The van der Waals surface area contributed by atoms with E-state index >= 15 is 0 Å². The molecule has 2 saturated heterocycles. The van der Waals surface area contributed by atoms with Crippen molar-refractivity contribution in [2.45, 2.75) is 45.1 Å². The highest BCUT2D eigenvalue weighted by Crippen LogP contribution is 2.32. The molecule has 30 heavy (non-hydrogen) atoms. The van der Waals surface area contributed by atoms with Crippen LogP contribution in [0.25, 0.3) is 0 Å². The number of hydrogen-bond donors (Lipinski definition) is 1. The Morgan fingerprint density at radius 2 is 1.73 bits per heavy atom. The maximum atomic E-state index is 12.7. The average Bonchev–Trinajstić information content (AvgIpc) is 3.29. The van der Waals surface area contributed by atoms with E-state index in [0.717, 1.165) is 38.2 Å². The van der Waals surface area contributed by atoms with Gasteiger partial charge in [0.15, 0.2) is 0 Å². The summed E-state index contributed by atoms with van der Waals surface area (Å²) >= 11 is 0. The van der Waals surface area contributed by atoms with Gasteiger partial charge in [0.05, 0.1) is 4.92 Å². The molecule has 0 radical (unpaired) electrons. The van der Waals surface area contributed by atoms with Gasteiger partial charge in [0.25, 0.3) is 11.6 Å². The van der Waals surface area contributed by atoms with Gasteiger partial charge < -0.3 is 15.1 Å². The van der Waals surface area contributed by atoms with E-state index in [-0.39, 0.29) is 11.6 Å². The highest BCUT2D eigenvalue weighted by molar-refractivity contribution is 6.05. The average molecular weight is 409 g/mol. The lowest BCUT2D eigenvalue weighted by Gasteiger charge is -2.35. The van der Waals surface area contributed by atoms with Gasteiger partial charge in [0.2, 0.25) is 0 Å². The number of carbonyl (C=O) groups is 1. The molecule has 2 heterocycles. The number of rotatable bonds is 5. The fourth-order valence-corrected chi connectivity index (χ4v) is 4.46. The third kappa shape index (κ3) is 4.25. The molecule has 0 spiro atoms. The number of amides is 1. The number of nitro groups is 1. The first-order chi connectivity index (χ1) is 14.5. The standard InChI is InChI=1S/C23H28N4O3/c1-17-6-2-3-15-26(17)20-10-8-19(9-11-20)24-23(28)18-7-12-21(22(16-18)27(29)30)25-13-4-5-14-25/h7-12,16-17H,2-6,13-15H2,1H3,(H,24,28). The monoisotopic (exact) mass is 408 g/mol. The Kier molecular flexibility index (Phi) is 5.88. The van der Waals surface area contributed by atoms with Crippen molar-refractivity contribution in [3.8, 4) is 0 Å². The molecule has 4 rings (SSSR count). The highest BCUT2D eigenvalue weighted by Gasteiger charge is 2.24. The van der Waals surface area contributed by atoms with Crippen molar-refractivity contribution >= 4 is 28.7 Å². The molecule has 7 heteroatoms. The van der Waals surface area contributed by atoms with Gasteiger partial charge in [-0.3, -0.25) is 14.9 Å². The maximum Gasteiger partial charge on any atom is 0.293 e. The van der Waals surface area contributed by atoms with Gasteiger partial charge in [-0.1, -0.05) is 0 Å². The number of anilines is 3. The molecule has 0 aromatic heterocycles. The molecule has 2 aliphatic rings. The van der Waals surface area contributed by atoms with Gasteiger partial charge in [0, 0.05) is 48.7 Å². The molecule has 7 nitrogen and oxygen atoms in total. The predicted molar refractivity (Wildman–Crippen MR) is 120 cm³/mol. The minimum absolute atomic E-state index is 0.0148. The highest BCUT2D eigenvalue weighted by atomic mass is 16.6. The van der Waals surface area contributed by atoms with E-state index in [1.807, 2.05) is 29.2 Å². The van der Waals surface area contributed by atoms with Crippen molar-refractivity contribution in [3.05, 3.63) is 58.1 Å². The van der Waals surface area contributed by atoms with E-state index in [1.54, 1.807) is 12.1 Å². The zero-order valence-electron chi connectivity index (χ0n) is 17.3. The van der Waals surface area contributed by atoms with Crippen molar-refractivity contribution in [1.29, 1.82) is 0 Å². The summed E-state index contributed by atoms with van der Waals surface area (Å²) in [6, 6.07) is 13.1. The Bertz CT molecular complexity index is 923. The van der Waals surface area contributed by atoms with E-state index in [0.29, 0.717) is 23.0 Å². The summed E-state index contributed by atoms with van der Waals surface area (Å²) in [5.41, 5.74) is 2.71. The molecule has 1 unspecified atom stereocenters. The molecule has 2 fully saturated rings. The number of carbonyl (C=O) groups excluding carboxylic acids is 1. The van der Waals surface area contributed by atoms with Gasteiger partial charge in [-0.25, -0.2) is 0 Å². The lowest BCUT2D eigenvalue weighted by atomic mass is 10.0. The summed E-state index contributed by atoms with van der Waals surface area (Å²) in [6.45, 7) is 4.93. The summed E-state index contributed by atoms with van der Waals surface area (Å²) in [6.07, 6.45) is 5.74. The summed E-state index contributed by atoms with van der Waals surface area (Å²) in [5.74, 6) is -0.342. The minimum atomic E-state index is -0.404. The Hall–Kier alpha value is -3.09. The summed E-state index contributed by atoms with van der Waals surface area (Å²) in [4.78, 5) is 28.3. The van der Waals surface area contributed by atoms with Gasteiger partial charge in [-0.05, 0) is 75.4 Å². The minimum Gasteiger partial charge on any atom is -0.369 e. The van der Waals surface area contributed by atoms with Gasteiger partial charge in [-0.2, -0.15) is 0 Å². The van der Waals surface area contributed by atoms with Gasteiger partial charge in [-0.15, -0.1) is 0 Å². The van der Waals surface area contributed by atoms with Crippen LogP contribution in [0.1, 0.15) is 49.4 Å². The number of nitrogens with zero attached hydrogens (tertiary/aromatic N) is 3. The third-order valence-electron chi connectivity index (χ3n) is 6.14. The molecule has 1 N–H and O–H groups in total. The smallest absolute Gasteiger partial charge is 0.293 e. The van der Waals surface area contributed by atoms with E-state index in [1.165, 1.54) is 25.3 Å². The van der Waals surface area contributed by atoms with Crippen LogP contribution in [0.2, 0.25) is 0 Å². The largest absolute Gasteiger partial charge is 0.369 e. The van der Waals surface area contributed by atoms with E-state index < -0.39 is 4.92 Å². The Labute approximate surface area is 176 Å². The van der Waals surface area contributed by atoms with Gasteiger partial charge >= 0.3 is 0 Å². The molecule has 0 aliphatic carbocycles. The van der Waals surface area contributed by atoms with Crippen LogP contribution in [-0.4, -0.2) is 36.5 Å². The second kappa shape index (κ2) is 8.73. The van der Waals surface area contributed by atoms with Crippen LogP contribution in [0.15, 0.2) is 42.5 Å². The normalized spacial score (nSPS) is 19.0. The SMILES string of the molecule is CC1CCCCN1c1ccc(NC(=O)c2ccc(N3CCCC3)c([N+](=O)[O-])c2)cc1. The molecule has 0 bridgehead atoms. The number of piperidine rings is 1. The van der Waals surface area contributed by atoms with Crippen LogP contribution in [0.4, 0.5) is 22.7 Å². The van der Waals surface area contributed by atoms with Gasteiger partial charge in [0.1, 0.15) is 5.69 Å². The van der Waals surface area contributed by atoms with Crippen molar-refractivity contribution in [2.75, 3.05) is 34.8 Å². The zero-order chi connectivity index (χ0) is 21.1. The first-order valence-electron chi connectivity index (χ1n) is 10.7. The van der Waals surface area contributed by atoms with E-state index in [4.69, 9.17) is 0 Å². The first-order valence-corrected chi connectivity index (χ1v) is 10.7. The number of benzene rings is 2. The number of nitro benzene ring substituents is 1. The fourth-order valence-electron chi connectivity index (χ4n) is 4.46. The van der Waals surface area contributed by atoms with E-state index in [2.05, 4.69) is 17.1 Å². The second-order valence-corrected chi connectivity index (χ2v) is 8.19. The Balaban J connectivity index is 1.48. The number of hydrogen-bond acceptors (Lipinski definition) is 5. The zero-order valence-corrected chi connectivity index (χ0v) is 17.3. The van der Waals surface area contributed by atoms with Crippen LogP contribution in [-0.2, 0) is 0 Å². The molecular formula is C23H28N4O3. The molecule has 1 atom stereocenters. The molecule has 158 valence electrons. The molecule has 2 aliphatic heterocycles. The van der Waals surface area contributed by atoms with Crippen molar-refractivity contribution in [2.24, 2.45) is 0 Å². The van der Waals surface area contributed by atoms with Crippen LogP contribution in [0.5, 0.6) is 0 Å². The Morgan fingerprint density at radius 1 is 1.03 bits per heavy atom. The van der Waals surface area contributed by atoms with Crippen LogP contribution in [0.3, 0.4) is 0 Å². The fraction of sp³-hybridized carbons (Fsp3) is 0.435. The van der Waals surface area contributed by atoms with Crippen LogP contribution in [0, 0.1) is 10.1 Å². The third-order valence-corrected chi connectivity index (χ3v) is 6.14. The van der Waals surface area contributed by atoms with E-state index in [9.17, 15) is 14.9 Å². The quantitative estimate of drug-likeness (QED) is 0.566. The molecule has 0 saturated carbocycles. The molecular weight excluding hydrogens is 380 g/mol. The molecule has 2 aromatic carbocycles. The lowest BCUT2D eigenvalue weighted by Crippen LogP contribution is -2.37. The maximum absolute atomic E-state index is 12.7. The molecule has 2 aromatic rings. The molecule has 1 amide bonds. The number of nitrogens with one attached hydrogen (secondary N) is 1.